The van der Waals surface area contributed by atoms with E-state index in [9.17, 15) is 0 Å². The third kappa shape index (κ3) is 4.62. The Morgan fingerprint density at radius 1 is 1.25 bits per heavy atom. The van der Waals surface area contributed by atoms with Gasteiger partial charge >= 0.3 is 0 Å². The van der Waals surface area contributed by atoms with Gasteiger partial charge < -0.3 is 5.73 Å². The minimum atomic E-state index is 0.369. The molecule has 0 aliphatic carbocycles. The standard InChI is InChI=1S/C16H24N2O2/c1-19-20-12-14-7-3-2-6-13(14)10-11-15-8-4-5-9-16(17)18-15/h2-3,6-7,15H,4-5,8-12H2,1H3,(H2,17,18). The summed E-state index contributed by atoms with van der Waals surface area (Å²) in [6.45, 7) is 0.489. The zero-order chi connectivity index (χ0) is 14.2. The molecule has 1 heterocycles. The SMILES string of the molecule is COOCc1ccccc1CCC1CCCCC(N)=N1. The molecule has 2 rings (SSSR count). The van der Waals surface area contributed by atoms with Crippen molar-refractivity contribution in [1.29, 1.82) is 0 Å². The lowest BCUT2D eigenvalue weighted by molar-refractivity contribution is -0.282. The maximum Gasteiger partial charge on any atom is 0.108 e. The third-order valence-corrected chi connectivity index (χ3v) is 3.77. The zero-order valence-electron chi connectivity index (χ0n) is 12.2. The van der Waals surface area contributed by atoms with Gasteiger partial charge in [0.1, 0.15) is 6.61 Å². The highest BCUT2D eigenvalue weighted by Crippen LogP contribution is 2.19. The van der Waals surface area contributed by atoms with Gasteiger partial charge in [0.05, 0.1) is 19.0 Å². The van der Waals surface area contributed by atoms with Crippen molar-refractivity contribution in [2.24, 2.45) is 10.7 Å². The van der Waals surface area contributed by atoms with Crippen molar-refractivity contribution in [3.05, 3.63) is 35.4 Å². The Labute approximate surface area is 120 Å². The van der Waals surface area contributed by atoms with E-state index in [2.05, 4.69) is 28.1 Å². The number of rotatable bonds is 6. The molecule has 1 unspecified atom stereocenters. The van der Waals surface area contributed by atoms with Crippen LogP contribution in [0.25, 0.3) is 0 Å². The van der Waals surface area contributed by atoms with Gasteiger partial charge in [-0.05, 0) is 36.8 Å². The van der Waals surface area contributed by atoms with Crippen molar-refractivity contribution < 1.29 is 9.78 Å². The fraction of sp³-hybridized carbons (Fsp3) is 0.562. The smallest absolute Gasteiger partial charge is 0.108 e. The number of nitrogens with zero attached hydrogens (tertiary/aromatic N) is 1. The molecule has 1 aliphatic rings. The topological polar surface area (TPSA) is 56.8 Å². The maximum atomic E-state index is 5.90. The predicted octanol–water partition coefficient (Wildman–Crippen LogP) is 3.00. The Hall–Kier alpha value is -1.39. The van der Waals surface area contributed by atoms with Gasteiger partial charge in [-0.1, -0.05) is 30.7 Å². The van der Waals surface area contributed by atoms with Gasteiger partial charge in [-0.25, -0.2) is 9.78 Å². The number of hydrogen-bond acceptors (Lipinski definition) is 4. The van der Waals surface area contributed by atoms with Crippen LogP contribution in [0.1, 0.15) is 43.2 Å². The lowest BCUT2D eigenvalue weighted by Crippen LogP contribution is -2.14. The van der Waals surface area contributed by atoms with Gasteiger partial charge in [0.15, 0.2) is 0 Å². The van der Waals surface area contributed by atoms with E-state index in [1.54, 1.807) is 0 Å². The number of hydrogen-bond donors (Lipinski definition) is 1. The molecule has 1 aliphatic heterocycles. The average molecular weight is 276 g/mol. The highest BCUT2D eigenvalue weighted by molar-refractivity contribution is 5.80. The van der Waals surface area contributed by atoms with E-state index in [0.29, 0.717) is 12.6 Å². The molecular weight excluding hydrogens is 252 g/mol. The van der Waals surface area contributed by atoms with Crippen LogP contribution in [0.3, 0.4) is 0 Å². The van der Waals surface area contributed by atoms with Crippen molar-refractivity contribution in [1.82, 2.24) is 0 Å². The first kappa shape index (κ1) is 15.0. The van der Waals surface area contributed by atoms with Crippen LogP contribution in [0.15, 0.2) is 29.3 Å². The number of aliphatic imine (C=N–C) groups is 1. The zero-order valence-corrected chi connectivity index (χ0v) is 12.2. The Bertz CT molecular complexity index is 446. The highest BCUT2D eigenvalue weighted by atomic mass is 17.2. The van der Waals surface area contributed by atoms with Crippen LogP contribution in [0.4, 0.5) is 0 Å². The van der Waals surface area contributed by atoms with Crippen molar-refractivity contribution in [3.8, 4) is 0 Å². The normalized spacial score (nSPS) is 19.4. The Morgan fingerprint density at radius 3 is 2.85 bits per heavy atom. The van der Waals surface area contributed by atoms with E-state index in [4.69, 9.17) is 10.6 Å². The molecule has 0 aromatic heterocycles. The molecule has 0 fully saturated rings. The van der Waals surface area contributed by atoms with Gasteiger partial charge in [-0.15, -0.1) is 0 Å². The molecular formula is C16H24N2O2. The molecule has 4 nitrogen and oxygen atoms in total. The minimum Gasteiger partial charge on any atom is -0.387 e. The first-order valence-electron chi connectivity index (χ1n) is 7.34. The third-order valence-electron chi connectivity index (χ3n) is 3.77. The second-order valence-corrected chi connectivity index (χ2v) is 5.26. The predicted molar refractivity (Wildman–Crippen MR) is 80.4 cm³/mol. The molecule has 0 spiro atoms. The van der Waals surface area contributed by atoms with Gasteiger partial charge in [-0.3, -0.25) is 4.99 Å². The molecule has 0 saturated heterocycles. The second-order valence-electron chi connectivity index (χ2n) is 5.26. The van der Waals surface area contributed by atoms with E-state index in [0.717, 1.165) is 31.5 Å². The fourth-order valence-electron chi connectivity index (χ4n) is 2.65. The Balaban J connectivity index is 1.94. The van der Waals surface area contributed by atoms with Gasteiger partial charge in [0.25, 0.3) is 0 Å². The monoisotopic (exact) mass is 276 g/mol. The summed E-state index contributed by atoms with van der Waals surface area (Å²) in [6.07, 6.45) is 6.55. The summed E-state index contributed by atoms with van der Waals surface area (Å²) in [5.41, 5.74) is 8.39. The highest BCUT2D eigenvalue weighted by Gasteiger charge is 2.13. The summed E-state index contributed by atoms with van der Waals surface area (Å²) in [5, 5.41) is 0. The molecule has 0 bridgehead atoms. The number of benzene rings is 1. The maximum absolute atomic E-state index is 5.90. The van der Waals surface area contributed by atoms with Crippen LogP contribution < -0.4 is 5.73 Å². The lowest BCUT2D eigenvalue weighted by Gasteiger charge is -2.13. The van der Waals surface area contributed by atoms with Crippen LogP contribution in [0, 0.1) is 0 Å². The molecule has 1 aromatic carbocycles. The van der Waals surface area contributed by atoms with Crippen molar-refractivity contribution in [2.75, 3.05) is 7.11 Å². The van der Waals surface area contributed by atoms with E-state index >= 15 is 0 Å². The Morgan fingerprint density at radius 2 is 2.05 bits per heavy atom. The second kappa shape index (κ2) is 8.02. The molecule has 0 saturated carbocycles. The summed E-state index contributed by atoms with van der Waals surface area (Å²) in [5.74, 6) is 0.823. The van der Waals surface area contributed by atoms with Crippen LogP contribution >= 0.6 is 0 Å². The number of nitrogens with two attached hydrogens (primary N) is 1. The van der Waals surface area contributed by atoms with E-state index in [-0.39, 0.29) is 0 Å². The molecule has 4 heteroatoms. The molecule has 0 amide bonds. The minimum absolute atomic E-state index is 0.369. The molecule has 0 radical (unpaired) electrons. The summed E-state index contributed by atoms with van der Waals surface area (Å²) in [6, 6.07) is 8.70. The molecule has 2 N–H and O–H groups in total. The summed E-state index contributed by atoms with van der Waals surface area (Å²) in [4.78, 5) is 14.4. The molecule has 110 valence electrons. The van der Waals surface area contributed by atoms with Crippen LogP contribution in [-0.4, -0.2) is 19.0 Å². The first-order chi connectivity index (χ1) is 9.79. The number of amidine groups is 1. The van der Waals surface area contributed by atoms with Gasteiger partial charge in [0, 0.05) is 6.42 Å². The quantitative estimate of drug-likeness (QED) is 0.642. The van der Waals surface area contributed by atoms with E-state index in [1.807, 2.05) is 6.07 Å². The lowest BCUT2D eigenvalue weighted by atomic mass is 9.98. The summed E-state index contributed by atoms with van der Waals surface area (Å²) in [7, 11) is 1.53. The van der Waals surface area contributed by atoms with Crippen molar-refractivity contribution in [3.63, 3.8) is 0 Å². The van der Waals surface area contributed by atoms with Gasteiger partial charge in [0.2, 0.25) is 0 Å². The largest absolute Gasteiger partial charge is 0.387 e. The van der Waals surface area contributed by atoms with E-state index in [1.165, 1.54) is 31.1 Å². The van der Waals surface area contributed by atoms with Crippen molar-refractivity contribution in [2.45, 2.75) is 51.2 Å². The molecule has 1 atom stereocenters. The molecule has 20 heavy (non-hydrogen) atoms. The summed E-state index contributed by atoms with van der Waals surface area (Å²) >= 11 is 0. The van der Waals surface area contributed by atoms with Crippen LogP contribution in [-0.2, 0) is 22.8 Å². The Kier molecular flexibility index (Phi) is 6.02. The summed E-state index contributed by atoms with van der Waals surface area (Å²) < 4.78 is 0. The fourth-order valence-corrected chi connectivity index (χ4v) is 2.65. The van der Waals surface area contributed by atoms with Crippen LogP contribution in [0.5, 0.6) is 0 Å². The van der Waals surface area contributed by atoms with E-state index < -0.39 is 0 Å². The van der Waals surface area contributed by atoms with Gasteiger partial charge in [-0.2, -0.15) is 0 Å². The molecule has 1 aromatic rings. The van der Waals surface area contributed by atoms with Crippen molar-refractivity contribution >= 4 is 5.84 Å². The first-order valence-corrected chi connectivity index (χ1v) is 7.34. The van der Waals surface area contributed by atoms with Crippen LogP contribution in [0.2, 0.25) is 0 Å². The number of aryl methyl sites for hydroxylation is 1. The average Bonchev–Trinajstić information content (AvgIpc) is 2.68.